The summed E-state index contributed by atoms with van der Waals surface area (Å²) in [6, 6.07) is 5.15. The van der Waals surface area contributed by atoms with Crippen LogP contribution in [0.1, 0.15) is 23.1 Å². The average molecular weight is 350 g/mol. The van der Waals surface area contributed by atoms with Crippen LogP contribution in [-0.4, -0.2) is 27.4 Å². The predicted octanol–water partition coefficient (Wildman–Crippen LogP) is 3.29. The number of thioether (sulfide) groups is 1. The van der Waals surface area contributed by atoms with Crippen molar-refractivity contribution in [3.8, 4) is 0 Å². The van der Waals surface area contributed by atoms with Gasteiger partial charge in [-0.15, -0.1) is 10.2 Å². The maximum atomic E-state index is 12.1. The van der Waals surface area contributed by atoms with Gasteiger partial charge in [0.1, 0.15) is 5.01 Å². The van der Waals surface area contributed by atoms with Crippen molar-refractivity contribution in [1.29, 1.82) is 0 Å². The first-order chi connectivity index (χ1) is 10.8. The van der Waals surface area contributed by atoms with Gasteiger partial charge in [0.05, 0.1) is 5.25 Å². The van der Waals surface area contributed by atoms with Crippen molar-refractivity contribution in [2.75, 3.05) is 5.32 Å². The third kappa shape index (κ3) is 5.04. The van der Waals surface area contributed by atoms with Crippen LogP contribution in [0.4, 0.5) is 10.5 Å². The van der Waals surface area contributed by atoms with Gasteiger partial charge in [0.2, 0.25) is 5.91 Å². The molecule has 6 nitrogen and oxygen atoms in total. The van der Waals surface area contributed by atoms with E-state index in [1.165, 1.54) is 23.1 Å². The van der Waals surface area contributed by atoms with E-state index in [1.807, 2.05) is 39.0 Å². The highest BCUT2D eigenvalue weighted by molar-refractivity contribution is 8.02. The third-order valence-corrected chi connectivity index (χ3v) is 5.04. The zero-order valence-electron chi connectivity index (χ0n) is 13.3. The molecule has 0 fully saturated rings. The molecule has 1 aromatic heterocycles. The summed E-state index contributed by atoms with van der Waals surface area (Å²) in [4.78, 5) is 24.0. The van der Waals surface area contributed by atoms with Crippen molar-refractivity contribution in [3.63, 3.8) is 0 Å². The van der Waals surface area contributed by atoms with Crippen LogP contribution < -0.4 is 10.6 Å². The number of aryl methyl sites for hydroxylation is 3. The number of hydrogen-bond acceptors (Lipinski definition) is 6. The highest BCUT2D eigenvalue weighted by atomic mass is 32.2. The number of carbonyl (C=O) groups is 2. The normalized spacial score (nSPS) is 11.8. The lowest BCUT2D eigenvalue weighted by atomic mass is 10.1. The first-order valence-corrected chi connectivity index (χ1v) is 8.70. The number of rotatable bonds is 4. The monoisotopic (exact) mass is 350 g/mol. The zero-order valence-corrected chi connectivity index (χ0v) is 15.0. The van der Waals surface area contributed by atoms with Crippen LogP contribution in [0, 0.1) is 20.8 Å². The molecule has 2 N–H and O–H groups in total. The molecule has 122 valence electrons. The highest BCUT2D eigenvalue weighted by Crippen LogP contribution is 2.26. The number of amides is 3. The number of nitrogens with one attached hydrogen (secondary N) is 2. The summed E-state index contributed by atoms with van der Waals surface area (Å²) in [6.07, 6.45) is 0. The minimum Gasteiger partial charge on any atom is -0.307 e. The molecule has 8 heteroatoms. The van der Waals surface area contributed by atoms with E-state index in [-0.39, 0.29) is 5.91 Å². The van der Waals surface area contributed by atoms with E-state index in [0.717, 1.165) is 16.1 Å². The Morgan fingerprint density at radius 1 is 1.22 bits per heavy atom. The van der Waals surface area contributed by atoms with Crippen molar-refractivity contribution >= 4 is 40.7 Å². The summed E-state index contributed by atoms with van der Waals surface area (Å²) < 4.78 is 0.708. The van der Waals surface area contributed by atoms with Gasteiger partial charge in [-0.25, -0.2) is 4.79 Å². The molecule has 23 heavy (non-hydrogen) atoms. The standard InChI is InChI=1S/C15H18N4O2S2/c1-8-5-6-12(9(2)7-8)16-14(21)17-13(20)10(3)22-15-19-18-11(4)23-15/h5-7,10H,1-4H3,(H2,16,17,20,21). The van der Waals surface area contributed by atoms with Crippen molar-refractivity contribution < 1.29 is 9.59 Å². The molecule has 0 bridgehead atoms. The smallest absolute Gasteiger partial charge is 0.307 e. The Kier molecular flexibility index (Phi) is 5.73. The Labute approximate surface area is 143 Å². The Morgan fingerprint density at radius 2 is 1.96 bits per heavy atom. The minimum absolute atomic E-state index is 0.370. The SMILES string of the molecule is Cc1ccc(NC(=O)NC(=O)C(C)Sc2nnc(C)s2)c(C)c1. The number of hydrogen-bond donors (Lipinski definition) is 2. The summed E-state index contributed by atoms with van der Waals surface area (Å²) in [5.74, 6) is -0.370. The lowest BCUT2D eigenvalue weighted by Gasteiger charge is -2.12. The molecule has 2 aromatic rings. The molecule has 0 spiro atoms. The second-order valence-corrected chi connectivity index (χ2v) is 7.88. The van der Waals surface area contributed by atoms with Gasteiger partial charge >= 0.3 is 6.03 Å². The van der Waals surface area contributed by atoms with Crippen molar-refractivity contribution in [2.24, 2.45) is 0 Å². The van der Waals surface area contributed by atoms with Gasteiger partial charge in [-0.2, -0.15) is 0 Å². The van der Waals surface area contributed by atoms with Crippen molar-refractivity contribution in [2.45, 2.75) is 37.3 Å². The van der Waals surface area contributed by atoms with Crippen LogP contribution in [0.25, 0.3) is 0 Å². The second kappa shape index (κ2) is 7.56. The number of imide groups is 1. The van der Waals surface area contributed by atoms with Crippen molar-refractivity contribution in [1.82, 2.24) is 15.5 Å². The summed E-state index contributed by atoms with van der Waals surface area (Å²) in [6.45, 7) is 7.46. The quantitative estimate of drug-likeness (QED) is 0.827. The fourth-order valence-corrected chi connectivity index (χ4v) is 3.81. The number of nitrogens with zero attached hydrogens (tertiary/aromatic N) is 2. The molecule has 1 atom stereocenters. The fourth-order valence-electron chi connectivity index (χ4n) is 1.85. The molecule has 1 unspecified atom stereocenters. The maximum absolute atomic E-state index is 12.1. The first kappa shape index (κ1) is 17.4. The average Bonchev–Trinajstić information content (AvgIpc) is 2.87. The highest BCUT2D eigenvalue weighted by Gasteiger charge is 2.19. The molecule has 1 heterocycles. The topological polar surface area (TPSA) is 84.0 Å². The number of aromatic nitrogens is 2. The van der Waals surface area contributed by atoms with E-state index in [0.29, 0.717) is 10.0 Å². The summed E-state index contributed by atoms with van der Waals surface area (Å²) >= 11 is 2.70. The Balaban J connectivity index is 1.90. The Bertz CT molecular complexity index is 730. The first-order valence-electron chi connectivity index (χ1n) is 7.01. The molecule has 1 aromatic carbocycles. The molecule has 0 saturated carbocycles. The summed E-state index contributed by atoms with van der Waals surface area (Å²) in [7, 11) is 0. The zero-order chi connectivity index (χ0) is 17.0. The van der Waals surface area contributed by atoms with Gasteiger partial charge in [0.15, 0.2) is 4.34 Å². The summed E-state index contributed by atoms with van der Waals surface area (Å²) in [5, 5.41) is 13.3. The second-order valence-electron chi connectivity index (χ2n) is 5.11. The molecule has 0 radical (unpaired) electrons. The van der Waals surface area contributed by atoms with E-state index in [2.05, 4.69) is 20.8 Å². The van der Waals surface area contributed by atoms with Crippen molar-refractivity contribution in [3.05, 3.63) is 34.3 Å². The predicted molar refractivity (Wildman–Crippen MR) is 93.0 cm³/mol. The third-order valence-electron chi connectivity index (χ3n) is 3.02. The molecule has 0 aliphatic carbocycles. The van der Waals surface area contributed by atoms with E-state index in [1.54, 1.807) is 6.92 Å². The summed E-state index contributed by atoms with van der Waals surface area (Å²) in [5.41, 5.74) is 2.74. The van der Waals surface area contributed by atoms with Crippen LogP contribution in [0.5, 0.6) is 0 Å². The molecule has 3 amide bonds. The molecule has 2 rings (SSSR count). The van der Waals surface area contributed by atoms with E-state index in [9.17, 15) is 9.59 Å². The van der Waals surface area contributed by atoms with Gasteiger partial charge < -0.3 is 5.32 Å². The minimum atomic E-state index is -0.539. The van der Waals surface area contributed by atoms with E-state index < -0.39 is 11.3 Å². The Hall–Kier alpha value is -1.93. The number of benzene rings is 1. The Morgan fingerprint density at radius 3 is 2.57 bits per heavy atom. The van der Waals surface area contributed by atoms with Gasteiger partial charge in [0.25, 0.3) is 0 Å². The largest absolute Gasteiger partial charge is 0.325 e. The lowest BCUT2D eigenvalue weighted by molar-refractivity contribution is -0.119. The van der Waals surface area contributed by atoms with Crippen LogP contribution in [-0.2, 0) is 4.79 Å². The van der Waals surface area contributed by atoms with Gasteiger partial charge in [-0.05, 0) is 39.3 Å². The van der Waals surface area contributed by atoms with Crippen LogP contribution in [0.2, 0.25) is 0 Å². The van der Waals surface area contributed by atoms with Gasteiger partial charge in [-0.3, -0.25) is 10.1 Å². The van der Waals surface area contributed by atoms with Gasteiger partial charge in [-0.1, -0.05) is 40.8 Å². The van der Waals surface area contributed by atoms with Crippen LogP contribution >= 0.6 is 23.1 Å². The molecule has 0 aliphatic heterocycles. The number of carbonyl (C=O) groups excluding carboxylic acids is 2. The molecule has 0 saturated heterocycles. The molecular formula is C15H18N4O2S2. The van der Waals surface area contributed by atoms with Gasteiger partial charge in [0, 0.05) is 5.69 Å². The van der Waals surface area contributed by atoms with E-state index in [4.69, 9.17) is 0 Å². The molecular weight excluding hydrogens is 332 g/mol. The number of urea groups is 1. The number of anilines is 1. The maximum Gasteiger partial charge on any atom is 0.325 e. The fraction of sp³-hybridized carbons (Fsp3) is 0.333. The van der Waals surface area contributed by atoms with Crippen LogP contribution in [0.15, 0.2) is 22.5 Å². The lowest BCUT2D eigenvalue weighted by Crippen LogP contribution is -2.39. The van der Waals surface area contributed by atoms with Crippen LogP contribution in [0.3, 0.4) is 0 Å². The van der Waals surface area contributed by atoms with E-state index >= 15 is 0 Å². The molecule has 0 aliphatic rings.